The van der Waals surface area contributed by atoms with Gasteiger partial charge in [0, 0.05) is 20.1 Å². The molecule has 1 aliphatic carbocycles. The summed E-state index contributed by atoms with van der Waals surface area (Å²) in [5.41, 5.74) is 4.58. The van der Waals surface area contributed by atoms with Crippen LogP contribution in [0.1, 0.15) is 32.1 Å². The lowest BCUT2D eigenvalue weighted by atomic mass is 9.81. The van der Waals surface area contributed by atoms with E-state index < -0.39 is 5.54 Å². The summed E-state index contributed by atoms with van der Waals surface area (Å²) >= 11 is 0. The lowest BCUT2D eigenvalue weighted by molar-refractivity contribution is -0.137. The number of likely N-dealkylation sites (N-methyl/N-ethyl adjacent to an activating group) is 1. The Balaban J connectivity index is 2.09. The molecule has 0 radical (unpaired) electrons. The molecule has 7 heteroatoms. The highest BCUT2D eigenvalue weighted by Crippen LogP contribution is 2.39. The fourth-order valence-corrected chi connectivity index (χ4v) is 3.08. The molecule has 20 heavy (non-hydrogen) atoms. The molecule has 1 saturated carbocycles. The number of imide groups is 1. The molecule has 1 saturated heterocycles. The van der Waals surface area contributed by atoms with Crippen LogP contribution in [-0.4, -0.2) is 59.9 Å². The van der Waals surface area contributed by atoms with E-state index in [0.29, 0.717) is 25.9 Å². The molecule has 0 aromatic heterocycles. The van der Waals surface area contributed by atoms with Crippen LogP contribution in [-0.2, 0) is 9.59 Å². The normalized spacial score (nSPS) is 21.7. The summed E-state index contributed by atoms with van der Waals surface area (Å²) in [6.45, 7) is 0.456. The Morgan fingerprint density at radius 2 is 1.95 bits per heavy atom. The van der Waals surface area contributed by atoms with Crippen molar-refractivity contribution in [2.45, 2.75) is 37.6 Å². The SMILES string of the molecule is CN1C(=O)N(CC(=O)NCCN)C(=O)C12CCCCC2. The van der Waals surface area contributed by atoms with Gasteiger partial charge in [-0.25, -0.2) is 4.79 Å². The summed E-state index contributed by atoms with van der Waals surface area (Å²) in [6, 6.07) is -0.375. The third kappa shape index (κ3) is 2.37. The van der Waals surface area contributed by atoms with Gasteiger partial charge in [-0.2, -0.15) is 0 Å². The summed E-state index contributed by atoms with van der Waals surface area (Å²) < 4.78 is 0. The highest BCUT2D eigenvalue weighted by Gasteiger charge is 2.55. The van der Waals surface area contributed by atoms with Gasteiger partial charge in [0.2, 0.25) is 5.91 Å². The number of nitrogens with one attached hydrogen (secondary N) is 1. The lowest BCUT2D eigenvalue weighted by Gasteiger charge is -2.35. The minimum absolute atomic E-state index is 0.218. The molecule has 1 aliphatic heterocycles. The van der Waals surface area contributed by atoms with Crippen molar-refractivity contribution in [2.24, 2.45) is 5.73 Å². The van der Waals surface area contributed by atoms with Crippen molar-refractivity contribution in [3.63, 3.8) is 0 Å². The summed E-state index contributed by atoms with van der Waals surface area (Å²) in [5.74, 6) is -0.578. The van der Waals surface area contributed by atoms with Crippen LogP contribution in [0.3, 0.4) is 0 Å². The highest BCUT2D eigenvalue weighted by atomic mass is 16.2. The van der Waals surface area contributed by atoms with Gasteiger partial charge < -0.3 is 16.0 Å². The Labute approximate surface area is 118 Å². The molecule has 4 amide bonds. The van der Waals surface area contributed by atoms with Gasteiger partial charge in [0.25, 0.3) is 5.91 Å². The largest absolute Gasteiger partial charge is 0.353 e. The number of urea groups is 1. The molecule has 0 bridgehead atoms. The van der Waals surface area contributed by atoms with E-state index in [1.54, 1.807) is 7.05 Å². The molecule has 7 nitrogen and oxygen atoms in total. The van der Waals surface area contributed by atoms with Crippen molar-refractivity contribution >= 4 is 17.8 Å². The predicted molar refractivity (Wildman–Crippen MR) is 72.8 cm³/mol. The molecular weight excluding hydrogens is 260 g/mol. The first-order valence-electron chi connectivity index (χ1n) is 7.09. The Hall–Kier alpha value is -1.63. The number of nitrogens with two attached hydrogens (primary N) is 1. The number of amides is 4. The maximum Gasteiger partial charge on any atom is 0.327 e. The van der Waals surface area contributed by atoms with E-state index in [4.69, 9.17) is 5.73 Å². The van der Waals surface area contributed by atoms with Gasteiger partial charge in [-0.1, -0.05) is 19.3 Å². The standard InChI is InChI=1S/C13H22N4O3/c1-16-12(20)17(9-10(18)15-8-7-14)11(19)13(16)5-3-2-4-6-13/h2-9,14H2,1H3,(H,15,18). The van der Waals surface area contributed by atoms with Gasteiger partial charge in [-0.05, 0) is 12.8 Å². The maximum atomic E-state index is 12.6. The molecule has 0 aromatic rings. The molecule has 2 fully saturated rings. The Bertz CT molecular complexity index is 418. The zero-order chi connectivity index (χ0) is 14.8. The second-order valence-corrected chi connectivity index (χ2v) is 5.46. The smallest absolute Gasteiger partial charge is 0.327 e. The van der Waals surface area contributed by atoms with Crippen LogP contribution in [0.25, 0.3) is 0 Å². The minimum Gasteiger partial charge on any atom is -0.353 e. The predicted octanol–water partition coefficient (Wildman–Crippen LogP) is -0.342. The second-order valence-electron chi connectivity index (χ2n) is 5.46. The minimum atomic E-state index is -0.719. The van der Waals surface area contributed by atoms with Gasteiger partial charge in [0.05, 0.1) is 0 Å². The fourth-order valence-electron chi connectivity index (χ4n) is 3.08. The fraction of sp³-hybridized carbons (Fsp3) is 0.769. The van der Waals surface area contributed by atoms with Crippen LogP contribution < -0.4 is 11.1 Å². The number of nitrogens with zero attached hydrogens (tertiary/aromatic N) is 2. The van der Waals surface area contributed by atoms with E-state index in [-0.39, 0.29) is 24.4 Å². The van der Waals surface area contributed by atoms with Crippen molar-refractivity contribution in [1.82, 2.24) is 15.1 Å². The van der Waals surface area contributed by atoms with Gasteiger partial charge in [-0.3, -0.25) is 14.5 Å². The van der Waals surface area contributed by atoms with Crippen LogP contribution >= 0.6 is 0 Å². The molecule has 2 aliphatic rings. The summed E-state index contributed by atoms with van der Waals surface area (Å²) in [6.07, 6.45) is 4.35. The Morgan fingerprint density at radius 1 is 1.30 bits per heavy atom. The number of hydrogen-bond acceptors (Lipinski definition) is 4. The zero-order valence-corrected chi connectivity index (χ0v) is 11.9. The Morgan fingerprint density at radius 3 is 2.55 bits per heavy atom. The topological polar surface area (TPSA) is 95.7 Å². The van der Waals surface area contributed by atoms with Crippen molar-refractivity contribution < 1.29 is 14.4 Å². The highest BCUT2D eigenvalue weighted by molar-refractivity contribution is 6.08. The third-order valence-corrected chi connectivity index (χ3v) is 4.25. The first-order valence-corrected chi connectivity index (χ1v) is 7.09. The van der Waals surface area contributed by atoms with E-state index in [9.17, 15) is 14.4 Å². The molecule has 0 unspecified atom stereocenters. The first kappa shape index (κ1) is 14.8. The van der Waals surface area contributed by atoms with Crippen LogP contribution in [0.4, 0.5) is 4.79 Å². The number of carbonyl (C=O) groups excluding carboxylic acids is 3. The summed E-state index contributed by atoms with van der Waals surface area (Å²) in [7, 11) is 1.66. The number of carbonyl (C=O) groups is 3. The van der Waals surface area contributed by atoms with E-state index in [2.05, 4.69) is 5.32 Å². The van der Waals surface area contributed by atoms with E-state index in [1.807, 2.05) is 0 Å². The second kappa shape index (κ2) is 5.78. The van der Waals surface area contributed by atoms with Gasteiger partial charge in [-0.15, -0.1) is 0 Å². The van der Waals surface area contributed by atoms with E-state index in [0.717, 1.165) is 24.2 Å². The molecular formula is C13H22N4O3. The van der Waals surface area contributed by atoms with Gasteiger partial charge >= 0.3 is 6.03 Å². The van der Waals surface area contributed by atoms with Crippen molar-refractivity contribution in [3.05, 3.63) is 0 Å². The molecule has 3 N–H and O–H groups in total. The Kier molecular flexibility index (Phi) is 4.27. The molecule has 1 spiro atoms. The molecule has 1 heterocycles. The van der Waals surface area contributed by atoms with E-state index >= 15 is 0 Å². The van der Waals surface area contributed by atoms with Crippen LogP contribution in [0.15, 0.2) is 0 Å². The van der Waals surface area contributed by atoms with E-state index in [1.165, 1.54) is 4.90 Å². The number of rotatable bonds is 4. The molecule has 0 atom stereocenters. The van der Waals surface area contributed by atoms with Crippen LogP contribution in [0, 0.1) is 0 Å². The molecule has 112 valence electrons. The third-order valence-electron chi connectivity index (χ3n) is 4.25. The van der Waals surface area contributed by atoms with Crippen molar-refractivity contribution in [1.29, 1.82) is 0 Å². The van der Waals surface area contributed by atoms with Crippen LogP contribution in [0.2, 0.25) is 0 Å². The zero-order valence-electron chi connectivity index (χ0n) is 11.9. The lowest BCUT2D eigenvalue weighted by Crippen LogP contribution is -2.49. The van der Waals surface area contributed by atoms with Crippen molar-refractivity contribution in [2.75, 3.05) is 26.7 Å². The quantitative estimate of drug-likeness (QED) is 0.689. The summed E-state index contributed by atoms with van der Waals surface area (Å²) in [5, 5.41) is 2.58. The average Bonchev–Trinajstić information content (AvgIpc) is 2.62. The average molecular weight is 282 g/mol. The monoisotopic (exact) mass is 282 g/mol. The van der Waals surface area contributed by atoms with Crippen LogP contribution in [0.5, 0.6) is 0 Å². The van der Waals surface area contributed by atoms with Gasteiger partial charge in [0.15, 0.2) is 0 Å². The maximum absolute atomic E-state index is 12.6. The number of hydrogen-bond donors (Lipinski definition) is 2. The summed E-state index contributed by atoms with van der Waals surface area (Å²) in [4.78, 5) is 39.1. The first-order chi connectivity index (χ1) is 9.53. The van der Waals surface area contributed by atoms with Crippen molar-refractivity contribution in [3.8, 4) is 0 Å². The molecule has 0 aromatic carbocycles. The van der Waals surface area contributed by atoms with Gasteiger partial charge in [0.1, 0.15) is 12.1 Å². The molecule has 2 rings (SSSR count).